The minimum Gasteiger partial charge on any atom is -0.285 e. The van der Waals surface area contributed by atoms with Crippen molar-refractivity contribution in [3.8, 4) is 0 Å². The van der Waals surface area contributed by atoms with E-state index in [1.165, 1.54) is 32.1 Å². The summed E-state index contributed by atoms with van der Waals surface area (Å²) in [5.74, 6) is 0. The lowest BCUT2D eigenvalue weighted by atomic mass is 9.89. The van der Waals surface area contributed by atoms with Crippen LogP contribution in [0.4, 0.5) is 8.78 Å². The van der Waals surface area contributed by atoms with Crippen molar-refractivity contribution < 1.29 is 30.2 Å². The lowest BCUT2D eigenvalue weighted by Gasteiger charge is -2.42. The number of alkyl halides is 2. The highest BCUT2D eigenvalue weighted by molar-refractivity contribution is 7.91. The van der Waals surface area contributed by atoms with E-state index < -0.39 is 35.6 Å². The Morgan fingerprint density at radius 2 is 1.14 bits per heavy atom. The Balaban J connectivity index is 4.57. The molecule has 6 nitrogen and oxygen atoms in total. The second-order valence-electron chi connectivity index (χ2n) is 8.48. The van der Waals surface area contributed by atoms with Crippen molar-refractivity contribution in [3.63, 3.8) is 0 Å². The van der Waals surface area contributed by atoms with Crippen LogP contribution in [-0.2, 0) is 20.1 Å². The number of halogens is 2. The minimum atomic E-state index is -5.06. The third-order valence-electron chi connectivity index (χ3n) is 5.94. The molecule has 0 radical (unpaired) electrons. The molecule has 0 aliphatic rings. The molecule has 0 spiro atoms. The third kappa shape index (κ3) is 7.40. The molecule has 176 valence electrons. The van der Waals surface area contributed by atoms with Crippen LogP contribution in [0.15, 0.2) is 0 Å². The van der Waals surface area contributed by atoms with Gasteiger partial charge in [-0.25, -0.2) is 21.9 Å². The van der Waals surface area contributed by atoms with Crippen LogP contribution < -0.4 is 4.72 Å². The highest BCUT2D eigenvalue weighted by Crippen LogP contribution is 2.45. The number of hydrogen-bond acceptors (Lipinski definition) is 4. The van der Waals surface area contributed by atoms with Crippen LogP contribution in [0.1, 0.15) is 98.8 Å². The second-order valence-corrected chi connectivity index (χ2v) is 12.5. The number of sulfonamides is 1. The largest absolute Gasteiger partial charge is 0.285 e. The molecule has 0 amide bonds. The Morgan fingerprint density at radius 1 is 0.759 bits per heavy atom. The van der Waals surface area contributed by atoms with E-state index >= 15 is 8.78 Å². The number of rotatable bonds is 16. The molecule has 0 aromatic rings. The Kier molecular flexibility index (Phi) is 11.2. The van der Waals surface area contributed by atoms with Gasteiger partial charge < -0.3 is 0 Å². The summed E-state index contributed by atoms with van der Waals surface area (Å²) in [4.78, 5) is 0. The smallest absolute Gasteiger partial charge is 0.273 e. The molecule has 0 rings (SSSR count). The zero-order valence-corrected chi connectivity index (χ0v) is 20.1. The highest BCUT2D eigenvalue weighted by Gasteiger charge is 2.67. The van der Waals surface area contributed by atoms with Gasteiger partial charge in [0.15, 0.2) is 5.67 Å². The van der Waals surface area contributed by atoms with Crippen molar-refractivity contribution in [2.24, 2.45) is 0 Å². The number of unbranched alkanes of at least 4 members (excludes halogenated alkanes) is 9. The van der Waals surface area contributed by atoms with Gasteiger partial charge in [0.05, 0.1) is 0 Å². The first kappa shape index (κ1) is 28.7. The van der Waals surface area contributed by atoms with Gasteiger partial charge in [0.2, 0.25) is 10.0 Å². The second kappa shape index (κ2) is 11.3. The monoisotopic (exact) mass is 463 g/mol. The summed E-state index contributed by atoms with van der Waals surface area (Å²) in [6.45, 7) is 4.60. The Hall–Kier alpha value is -0.320. The van der Waals surface area contributed by atoms with E-state index in [0.717, 1.165) is 39.5 Å². The van der Waals surface area contributed by atoms with Crippen molar-refractivity contribution in [3.05, 3.63) is 0 Å². The summed E-state index contributed by atoms with van der Waals surface area (Å²) in [6.07, 6.45) is 10.5. The minimum absolute atomic E-state index is 0.0687. The SMILES string of the molecule is CCCCCCCCCCCCNS(=O)(=O)C(C)(F)[C@](C)(F)C(C)(C)S(=O)(=O)O. The summed E-state index contributed by atoms with van der Waals surface area (Å²) in [6, 6.07) is 0. The molecule has 0 saturated heterocycles. The number of nitrogens with one attached hydrogen (secondary N) is 1. The zero-order chi connectivity index (χ0) is 23.0. The molecule has 0 bridgehead atoms. The molecule has 0 aliphatic carbocycles. The van der Waals surface area contributed by atoms with Crippen LogP contribution in [-0.4, -0.2) is 43.3 Å². The van der Waals surface area contributed by atoms with Crippen LogP contribution in [0, 0.1) is 0 Å². The molecular weight excluding hydrogens is 424 g/mol. The first-order valence-corrected chi connectivity index (χ1v) is 13.3. The lowest BCUT2D eigenvalue weighted by Crippen LogP contribution is -2.65. The number of hydrogen-bond donors (Lipinski definition) is 2. The summed E-state index contributed by atoms with van der Waals surface area (Å²) >= 11 is 0. The fraction of sp³-hybridized carbons (Fsp3) is 1.00. The van der Waals surface area contributed by atoms with E-state index in [0.29, 0.717) is 20.3 Å². The molecule has 2 N–H and O–H groups in total. The lowest BCUT2D eigenvalue weighted by molar-refractivity contribution is 0.0136. The van der Waals surface area contributed by atoms with E-state index in [9.17, 15) is 21.4 Å². The van der Waals surface area contributed by atoms with Gasteiger partial charge in [-0.1, -0.05) is 64.7 Å². The highest BCUT2D eigenvalue weighted by atomic mass is 32.2. The summed E-state index contributed by atoms with van der Waals surface area (Å²) in [5, 5.41) is -3.57. The average molecular weight is 464 g/mol. The molecule has 0 aromatic carbocycles. The van der Waals surface area contributed by atoms with Gasteiger partial charge >= 0.3 is 0 Å². The molecule has 1 unspecified atom stereocenters. The van der Waals surface area contributed by atoms with Gasteiger partial charge in [0.1, 0.15) is 4.75 Å². The molecular formula is C19H39F2NO5S2. The van der Waals surface area contributed by atoms with Crippen LogP contribution in [0.2, 0.25) is 0 Å². The topological polar surface area (TPSA) is 101 Å². The van der Waals surface area contributed by atoms with E-state index in [-0.39, 0.29) is 6.54 Å². The standard InChI is InChI=1S/C19H39F2NO5S2/c1-6-7-8-9-10-11-12-13-14-15-16-22-28(23,24)19(5,21)18(4,20)17(2,3)29(25,26)27/h22H,6-16H2,1-5H3,(H,25,26,27)/t18-,19?/m1/s1. The summed E-state index contributed by atoms with van der Waals surface area (Å²) in [7, 11) is -9.89. The van der Waals surface area contributed by atoms with Gasteiger partial charge in [-0.3, -0.25) is 4.55 Å². The maximum Gasteiger partial charge on any atom is 0.273 e. The Morgan fingerprint density at radius 3 is 1.52 bits per heavy atom. The van der Waals surface area contributed by atoms with Gasteiger partial charge in [-0.15, -0.1) is 0 Å². The van der Waals surface area contributed by atoms with Crippen molar-refractivity contribution in [1.82, 2.24) is 4.72 Å². The van der Waals surface area contributed by atoms with Gasteiger partial charge in [-0.05, 0) is 34.1 Å². The fourth-order valence-electron chi connectivity index (χ4n) is 2.99. The fourth-order valence-corrected chi connectivity index (χ4v) is 5.17. The van der Waals surface area contributed by atoms with Gasteiger partial charge in [0.25, 0.3) is 15.1 Å². The summed E-state index contributed by atoms with van der Waals surface area (Å²) in [5.41, 5.74) is -3.41. The maximum absolute atomic E-state index is 15.1. The van der Waals surface area contributed by atoms with Crippen molar-refractivity contribution in [2.45, 2.75) is 114 Å². The van der Waals surface area contributed by atoms with E-state index in [4.69, 9.17) is 0 Å². The zero-order valence-electron chi connectivity index (χ0n) is 18.4. The Labute approximate surface area is 176 Å². The first-order valence-electron chi connectivity index (χ1n) is 10.4. The molecule has 29 heavy (non-hydrogen) atoms. The van der Waals surface area contributed by atoms with Gasteiger partial charge in [0, 0.05) is 6.54 Å². The molecule has 0 heterocycles. The molecule has 0 saturated carbocycles. The van der Waals surface area contributed by atoms with Crippen molar-refractivity contribution in [1.29, 1.82) is 0 Å². The third-order valence-corrected chi connectivity index (χ3v) is 9.59. The quantitative estimate of drug-likeness (QED) is 0.250. The normalized spacial score (nSPS) is 17.7. The predicted molar refractivity (Wildman–Crippen MR) is 113 cm³/mol. The molecule has 0 aliphatic heterocycles. The first-order chi connectivity index (χ1) is 13.1. The molecule has 0 aromatic heterocycles. The van der Waals surface area contributed by atoms with Crippen molar-refractivity contribution in [2.75, 3.05) is 6.54 Å². The van der Waals surface area contributed by atoms with Gasteiger partial charge in [-0.2, -0.15) is 8.42 Å². The van der Waals surface area contributed by atoms with Crippen LogP contribution >= 0.6 is 0 Å². The summed E-state index contributed by atoms with van der Waals surface area (Å²) < 4.78 is 86.4. The van der Waals surface area contributed by atoms with E-state index in [1.807, 2.05) is 4.72 Å². The van der Waals surface area contributed by atoms with Crippen molar-refractivity contribution >= 4 is 20.1 Å². The van der Waals surface area contributed by atoms with Crippen LogP contribution in [0.5, 0.6) is 0 Å². The maximum atomic E-state index is 15.1. The average Bonchev–Trinajstić information content (AvgIpc) is 2.58. The molecule has 2 atom stereocenters. The van der Waals surface area contributed by atoms with Crippen LogP contribution in [0.3, 0.4) is 0 Å². The van der Waals surface area contributed by atoms with E-state index in [1.54, 1.807) is 0 Å². The predicted octanol–water partition coefficient (Wildman–Crippen LogP) is 4.91. The van der Waals surface area contributed by atoms with E-state index in [2.05, 4.69) is 6.92 Å². The molecule has 0 fully saturated rings. The van der Waals surface area contributed by atoms with Crippen LogP contribution in [0.25, 0.3) is 0 Å². The molecule has 10 heteroatoms. The Bertz CT molecular complexity index is 689.